The van der Waals surface area contributed by atoms with Crippen molar-refractivity contribution in [2.45, 2.75) is 13.0 Å². The normalized spacial score (nSPS) is 20.7. The fourth-order valence-corrected chi connectivity index (χ4v) is 1.21. The lowest BCUT2D eigenvalue weighted by Gasteiger charge is -2.03. The zero-order chi connectivity index (χ0) is 8.55. The molecule has 3 nitrogen and oxygen atoms in total. The van der Waals surface area contributed by atoms with Crippen LogP contribution in [0.5, 0.6) is 5.88 Å². The fourth-order valence-electron chi connectivity index (χ4n) is 1.21. The van der Waals surface area contributed by atoms with Crippen molar-refractivity contribution >= 4 is 0 Å². The van der Waals surface area contributed by atoms with Gasteiger partial charge in [-0.3, -0.25) is 0 Å². The van der Waals surface area contributed by atoms with Gasteiger partial charge in [0.25, 0.3) is 0 Å². The third-order valence-electron chi connectivity index (χ3n) is 1.95. The first kappa shape index (κ1) is 7.55. The lowest BCUT2D eigenvalue weighted by Crippen LogP contribution is -1.93. The van der Waals surface area contributed by atoms with Crippen molar-refractivity contribution < 1.29 is 9.47 Å². The van der Waals surface area contributed by atoms with Crippen LogP contribution in [-0.4, -0.2) is 18.7 Å². The summed E-state index contributed by atoms with van der Waals surface area (Å²) in [6.45, 7) is 2.81. The van der Waals surface area contributed by atoms with Crippen LogP contribution in [-0.2, 0) is 4.74 Å². The maximum Gasteiger partial charge on any atom is 0.215 e. The average molecular weight is 165 g/mol. The molecule has 1 aromatic rings. The van der Waals surface area contributed by atoms with Gasteiger partial charge in [0.15, 0.2) is 0 Å². The molecule has 12 heavy (non-hydrogen) atoms. The van der Waals surface area contributed by atoms with E-state index in [9.17, 15) is 0 Å². The van der Waals surface area contributed by atoms with Gasteiger partial charge in [-0.1, -0.05) is 0 Å². The Bertz CT molecular complexity index is 295. The molecule has 0 aromatic carbocycles. The fraction of sp³-hybridized carbons (Fsp3) is 0.444. The molecule has 0 amide bonds. The van der Waals surface area contributed by atoms with Gasteiger partial charge in [0.05, 0.1) is 13.7 Å². The molecule has 1 aliphatic rings. The van der Waals surface area contributed by atoms with E-state index in [1.54, 1.807) is 7.11 Å². The molecule has 2 heterocycles. The van der Waals surface area contributed by atoms with Gasteiger partial charge in [-0.05, 0) is 13.0 Å². The first-order chi connectivity index (χ1) is 5.81. The van der Waals surface area contributed by atoms with E-state index >= 15 is 0 Å². The molecule has 0 radical (unpaired) electrons. The Morgan fingerprint density at radius 3 is 2.92 bits per heavy atom. The van der Waals surface area contributed by atoms with Crippen LogP contribution in [0.2, 0.25) is 0 Å². The highest BCUT2D eigenvalue weighted by Gasteiger charge is 2.25. The molecule has 0 bridgehead atoms. The van der Waals surface area contributed by atoms with Crippen LogP contribution in [0, 0.1) is 6.92 Å². The third-order valence-corrected chi connectivity index (χ3v) is 1.95. The summed E-state index contributed by atoms with van der Waals surface area (Å²) < 4.78 is 10.2. The van der Waals surface area contributed by atoms with Gasteiger partial charge in [0.2, 0.25) is 5.88 Å². The zero-order valence-electron chi connectivity index (χ0n) is 7.20. The van der Waals surface area contributed by atoms with Crippen LogP contribution >= 0.6 is 0 Å². The minimum atomic E-state index is 0.280. The minimum Gasteiger partial charge on any atom is -0.481 e. The molecule has 0 aliphatic carbocycles. The van der Waals surface area contributed by atoms with Crippen molar-refractivity contribution in [3.8, 4) is 5.88 Å². The molecule has 0 saturated carbocycles. The highest BCUT2D eigenvalue weighted by Crippen LogP contribution is 2.30. The summed E-state index contributed by atoms with van der Waals surface area (Å²) in [5.41, 5.74) is 2.21. The number of rotatable bonds is 2. The summed E-state index contributed by atoms with van der Waals surface area (Å²) in [5, 5.41) is 0. The minimum absolute atomic E-state index is 0.280. The maximum atomic E-state index is 5.14. The predicted octanol–water partition coefficient (Wildman–Crippen LogP) is 1.47. The van der Waals surface area contributed by atoms with E-state index in [1.165, 1.54) is 0 Å². The average Bonchev–Trinajstić information content (AvgIpc) is 2.86. The number of methoxy groups -OCH3 is 1. The molecular formula is C9H11NO2. The van der Waals surface area contributed by atoms with E-state index < -0.39 is 0 Å². The van der Waals surface area contributed by atoms with E-state index in [-0.39, 0.29) is 6.10 Å². The number of epoxide rings is 1. The smallest absolute Gasteiger partial charge is 0.215 e. The summed E-state index contributed by atoms with van der Waals surface area (Å²) in [7, 11) is 1.63. The molecule has 1 saturated heterocycles. The van der Waals surface area contributed by atoms with E-state index in [0.29, 0.717) is 5.88 Å². The zero-order valence-corrected chi connectivity index (χ0v) is 7.20. The van der Waals surface area contributed by atoms with E-state index in [1.807, 2.05) is 13.1 Å². The molecular weight excluding hydrogens is 154 g/mol. The van der Waals surface area contributed by atoms with Gasteiger partial charge in [-0.2, -0.15) is 0 Å². The van der Waals surface area contributed by atoms with E-state index in [4.69, 9.17) is 9.47 Å². The van der Waals surface area contributed by atoms with E-state index in [2.05, 4.69) is 11.1 Å². The number of aromatic nitrogens is 1. The van der Waals surface area contributed by atoms with Crippen molar-refractivity contribution in [3.05, 3.63) is 23.4 Å². The number of hydrogen-bond acceptors (Lipinski definition) is 3. The molecule has 1 aliphatic heterocycles. The van der Waals surface area contributed by atoms with Crippen molar-refractivity contribution in [2.75, 3.05) is 13.7 Å². The topological polar surface area (TPSA) is 34.6 Å². The van der Waals surface area contributed by atoms with Crippen molar-refractivity contribution in [2.24, 2.45) is 0 Å². The van der Waals surface area contributed by atoms with Crippen LogP contribution in [0.15, 0.2) is 12.3 Å². The number of nitrogens with zero attached hydrogens (tertiary/aromatic N) is 1. The number of pyridine rings is 1. The first-order valence-corrected chi connectivity index (χ1v) is 3.93. The van der Waals surface area contributed by atoms with Crippen molar-refractivity contribution in [3.63, 3.8) is 0 Å². The second kappa shape index (κ2) is 2.75. The molecule has 2 rings (SSSR count). The summed E-state index contributed by atoms with van der Waals surface area (Å²) >= 11 is 0. The highest BCUT2D eigenvalue weighted by atomic mass is 16.6. The Labute approximate surface area is 71.3 Å². The standard InChI is InChI=1S/C9H11NO2/c1-6-3-7(8-5-12-8)4-10-9(6)11-2/h3-4,8H,5H2,1-2H3/t8-/m0/s1. The lowest BCUT2D eigenvalue weighted by atomic mass is 10.2. The number of aryl methyl sites for hydroxylation is 1. The van der Waals surface area contributed by atoms with Crippen LogP contribution in [0.25, 0.3) is 0 Å². The van der Waals surface area contributed by atoms with Crippen LogP contribution in [0.3, 0.4) is 0 Å². The third kappa shape index (κ3) is 1.28. The molecule has 1 fully saturated rings. The Morgan fingerprint density at radius 1 is 1.67 bits per heavy atom. The molecule has 64 valence electrons. The van der Waals surface area contributed by atoms with Gasteiger partial charge >= 0.3 is 0 Å². The van der Waals surface area contributed by atoms with Gasteiger partial charge < -0.3 is 9.47 Å². The SMILES string of the molecule is COc1ncc([C@@H]2CO2)cc1C. The Hall–Kier alpha value is -1.09. The van der Waals surface area contributed by atoms with Crippen LogP contribution in [0.4, 0.5) is 0 Å². The molecule has 1 aromatic heterocycles. The van der Waals surface area contributed by atoms with Crippen LogP contribution < -0.4 is 4.74 Å². The van der Waals surface area contributed by atoms with Crippen molar-refractivity contribution in [1.82, 2.24) is 4.98 Å². The number of hydrogen-bond donors (Lipinski definition) is 0. The van der Waals surface area contributed by atoms with Gasteiger partial charge in [-0.25, -0.2) is 4.98 Å². The summed E-state index contributed by atoms with van der Waals surface area (Å²) in [5.74, 6) is 0.694. The van der Waals surface area contributed by atoms with Crippen molar-refractivity contribution in [1.29, 1.82) is 0 Å². The van der Waals surface area contributed by atoms with Gasteiger partial charge in [0.1, 0.15) is 6.10 Å². The summed E-state index contributed by atoms with van der Waals surface area (Å²) in [6, 6.07) is 2.06. The molecule has 3 heteroatoms. The van der Waals surface area contributed by atoms with E-state index in [0.717, 1.165) is 17.7 Å². The number of ether oxygens (including phenoxy) is 2. The predicted molar refractivity (Wildman–Crippen MR) is 44.2 cm³/mol. The molecule has 1 atom stereocenters. The quantitative estimate of drug-likeness (QED) is 0.622. The summed E-state index contributed by atoms with van der Waals surface area (Å²) in [6.07, 6.45) is 2.09. The Kier molecular flexibility index (Phi) is 1.73. The van der Waals surface area contributed by atoms with Gasteiger partial charge in [-0.15, -0.1) is 0 Å². The summed E-state index contributed by atoms with van der Waals surface area (Å²) in [4.78, 5) is 4.16. The largest absolute Gasteiger partial charge is 0.481 e. The van der Waals surface area contributed by atoms with Crippen LogP contribution in [0.1, 0.15) is 17.2 Å². The Morgan fingerprint density at radius 2 is 2.42 bits per heavy atom. The highest BCUT2D eigenvalue weighted by molar-refractivity contribution is 5.30. The molecule has 0 unspecified atom stereocenters. The first-order valence-electron chi connectivity index (χ1n) is 3.93. The second-order valence-corrected chi connectivity index (χ2v) is 2.92. The molecule has 0 N–H and O–H groups in total. The Balaban J connectivity index is 2.30. The van der Waals surface area contributed by atoms with Gasteiger partial charge in [0, 0.05) is 17.3 Å². The molecule has 0 spiro atoms. The second-order valence-electron chi connectivity index (χ2n) is 2.92. The monoisotopic (exact) mass is 165 g/mol. The lowest BCUT2D eigenvalue weighted by molar-refractivity contribution is 0.391. The maximum absolute atomic E-state index is 5.14.